The maximum absolute atomic E-state index is 12.2. The molecule has 2 heterocycles. The Morgan fingerprint density at radius 2 is 2.05 bits per heavy atom. The number of fused-ring (bicyclic) bond motifs is 1. The lowest BCUT2D eigenvalue weighted by molar-refractivity contribution is 0.0966. The van der Waals surface area contributed by atoms with Crippen LogP contribution >= 0.6 is 23.2 Å². The Morgan fingerprint density at radius 1 is 1.24 bits per heavy atom. The first-order valence-corrected chi connectivity index (χ1v) is 6.69. The molecule has 0 aliphatic carbocycles. The van der Waals surface area contributed by atoms with Gasteiger partial charge in [0.1, 0.15) is 6.54 Å². The summed E-state index contributed by atoms with van der Waals surface area (Å²) in [7, 11) is 0. The highest BCUT2D eigenvalue weighted by Gasteiger charge is 2.13. The van der Waals surface area contributed by atoms with E-state index in [0.29, 0.717) is 16.2 Å². The van der Waals surface area contributed by atoms with Crippen LogP contribution in [0.25, 0.3) is 5.65 Å². The summed E-state index contributed by atoms with van der Waals surface area (Å²) in [5.41, 5.74) is 0.344. The van der Waals surface area contributed by atoms with Crippen molar-refractivity contribution in [1.29, 1.82) is 0 Å². The van der Waals surface area contributed by atoms with Crippen LogP contribution in [-0.4, -0.2) is 24.9 Å². The van der Waals surface area contributed by atoms with Gasteiger partial charge in [0.05, 0.1) is 16.2 Å². The summed E-state index contributed by atoms with van der Waals surface area (Å²) in [4.78, 5) is 28.1. The molecule has 21 heavy (non-hydrogen) atoms. The minimum Gasteiger partial charge on any atom is -0.292 e. The molecule has 0 fully saturated rings. The minimum atomic E-state index is -0.402. The van der Waals surface area contributed by atoms with Crippen molar-refractivity contribution in [3.05, 3.63) is 62.9 Å². The molecule has 0 saturated carbocycles. The fraction of sp³-hybridized carbons (Fsp3) is 0.0769. The van der Waals surface area contributed by atoms with E-state index in [0.717, 1.165) is 4.68 Å². The van der Waals surface area contributed by atoms with Crippen molar-refractivity contribution in [2.45, 2.75) is 6.54 Å². The first-order chi connectivity index (χ1) is 10.1. The predicted molar refractivity (Wildman–Crippen MR) is 78.0 cm³/mol. The number of benzene rings is 1. The number of hydrogen-bond acceptors (Lipinski definition) is 4. The third kappa shape index (κ3) is 2.55. The lowest BCUT2D eigenvalue weighted by Gasteiger charge is -2.02. The molecule has 0 aliphatic heterocycles. The molecule has 0 spiro atoms. The van der Waals surface area contributed by atoms with Gasteiger partial charge in [0.25, 0.3) is 0 Å². The Balaban J connectivity index is 1.94. The summed E-state index contributed by atoms with van der Waals surface area (Å²) >= 11 is 11.7. The summed E-state index contributed by atoms with van der Waals surface area (Å²) in [6.07, 6.45) is 4.41. The molecule has 0 aliphatic rings. The van der Waals surface area contributed by atoms with Gasteiger partial charge in [0, 0.05) is 18.0 Å². The molecule has 0 amide bonds. The van der Waals surface area contributed by atoms with Crippen molar-refractivity contribution in [2.24, 2.45) is 0 Å². The molecule has 0 radical (unpaired) electrons. The van der Waals surface area contributed by atoms with E-state index >= 15 is 0 Å². The van der Waals surface area contributed by atoms with Gasteiger partial charge in [-0.15, -0.1) is 5.10 Å². The van der Waals surface area contributed by atoms with E-state index in [4.69, 9.17) is 23.2 Å². The number of halogens is 2. The van der Waals surface area contributed by atoms with Crippen LogP contribution in [-0.2, 0) is 6.54 Å². The van der Waals surface area contributed by atoms with Crippen LogP contribution in [0, 0.1) is 0 Å². The van der Waals surface area contributed by atoms with E-state index < -0.39 is 5.69 Å². The third-order valence-corrected chi connectivity index (χ3v) is 3.66. The highest BCUT2D eigenvalue weighted by Crippen LogP contribution is 2.22. The zero-order chi connectivity index (χ0) is 15.0. The zero-order valence-corrected chi connectivity index (χ0v) is 12.0. The van der Waals surface area contributed by atoms with Crippen molar-refractivity contribution in [1.82, 2.24) is 19.2 Å². The fourth-order valence-electron chi connectivity index (χ4n) is 1.88. The van der Waals surface area contributed by atoms with Gasteiger partial charge in [0.15, 0.2) is 11.4 Å². The number of hydrogen-bond donors (Lipinski definition) is 0. The monoisotopic (exact) mass is 322 g/mol. The van der Waals surface area contributed by atoms with E-state index in [-0.39, 0.29) is 17.4 Å². The van der Waals surface area contributed by atoms with E-state index in [1.807, 2.05) is 0 Å². The topological polar surface area (TPSA) is 69.3 Å². The maximum Gasteiger partial charge on any atom is 0.350 e. The number of rotatable bonds is 3. The summed E-state index contributed by atoms with van der Waals surface area (Å²) in [6, 6.07) is 4.56. The minimum absolute atomic E-state index is 0.182. The van der Waals surface area contributed by atoms with Crippen molar-refractivity contribution < 1.29 is 4.79 Å². The van der Waals surface area contributed by atoms with Crippen molar-refractivity contribution >= 4 is 34.6 Å². The summed E-state index contributed by atoms with van der Waals surface area (Å²) in [5.74, 6) is -0.285. The van der Waals surface area contributed by atoms with E-state index in [9.17, 15) is 9.59 Å². The number of nitrogens with zero attached hydrogens (tertiary/aromatic N) is 4. The van der Waals surface area contributed by atoms with Gasteiger partial charge < -0.3 is 0 Å². The van der Waals surface area contributed by atoms with Crippen LogP contribution in [0.15, 0.2) is 41.6 Å². The molecule has 6 nitrogen and oxygen atoms in total. The second-order valence-electron chi connectivity index (χ2n) is 4.30. The highest BCUT2D eigenvalue weighted by molar-refractivity contribution is 6.42. The van der Waals surface area contributed by atoms with Crippen LogP contribution in [0.3, 0.4) is 0 Å². The highest BCUT2D eigenvalue weighted by atomic mass is 35.5. The Kier molecular flexibility index (Phi) is 3.48. The maximum atomic E-state index is 12.2. The molecule has 2 aromatic heterocycles. The zero-order valence-electron chi connectivity index (χ0n) is 10.5. The van der Waals surface area contributed by atoms with Crippen LogP contribution in [0.2, 0.25) is 10.0 Å². The summed E-state index contributed by atoms with van der Waals surface area (Å²) < 4.78 is 2.40. The lowest BCUT2D eigenvalue weighted by Crippen LogP contribution is -2.25. The van der Waals surface area contributed by atoms with Crippen LogP contribution in [0.1, 0.15) is 10.4 Å². The van der Waals surface area contributed by atoms with E-state index in [1.165, 1.54) is 35.1 Å². The molecule has 0 unspecified atom stereocenters. The molecule has 0 bridgehead atoms. The molecule has 106 valence electrons. The third-order valence-electron chi connectivity index (χ3n) is 2.92. The van der Waals surface area contributed by atoms with Crippen molar-refractivity contribution in [3.8, 4) is 0 Å². The Labute approximate surface area is 128 Å². The van der Waals surface area contributed by atoms with Gasteiger partial charge in [-0.1, -0.05) is 23.2 Å². The van der Waals surface area contributed by atoms with Gasteiger partial charge in [-0.2, -0.15) is 0 Å². The molecule has 3 rings (SSSR count). The van der Waals surface area contributed by atoms with E-state index in [1.54, 1.807) is 6.07 Å². The number of aromatic nitrogens is 4. The van der Waals surface area contributed by atoms with Crippen molar-refractivity contribution in [2.75, 3.05) is 0 Å². The molecule has 8 heteroatoms. The molecular formula is C13H8Cl2N4O2. The number of carbonyl (C=O) groups excluding carboxylic acids is 1. The quantitative estimate of drug-likeness (QED) is 0.692. The Morgan fingerprint density at radius 3 is 2.76 bits per heavy atom. The first-order valence-electron chi connectivity index (χ1n) is 5.94. The molecule has 3 aromatic rings. The molecule has 0 N–H and O–H groups in total. The Bertz CT molecular complexity index is 901. The molecule has 1 aromatic carbocycles. The normalized spacial score (nSPS) is 11.0. The van der Waals surface area contributed by atoms with Gasteiger partial charge in [-0.3, -0.25) is 9.78 Å². The average Bonchev–Trinajstić information content (AvgIpc) is 2.79. The van der Waals surface area contributed by atoms with Crippen molar-refractivity contribution in [3.63, 3.8) is 0 Å². The molecule has 0 atom stereocenters. The SMILES string of the molecule is O=C(Cn1nc2cnccn2c1=O)c1ccc(Cl)c(Cl)c1. The number of carbonyl (C=O) groups is 1. The molecular weight excluding hydrogens is 315 g/mol. The fourth-order valence-corrected chi connectivity index (χ4v) is 2.18. The van der Waals surface area contributed by atoms with Gasteiger partial charge in [-0.05, 0) is 18.2 Å². The first kappa shape index (κ1) is 13.8. The lowest BCUT2D eigenvalue weighted by atomic mass is 10.1. The predicted octanol–water partition coefficient (Wildman–Crippen LogP) is 2.08. The average molecular weight is 323 g/mol. The standard InChI is InChI=1S/C13H8Cl2N4O2/c14-9-2-1-8(5-10(9)15)11(20)7-19-13(21)18-4-3-16-6-12(18)17-19/h1-6H,7H2. The van der Waals surface area contributed by atoms with E-state index in [2.05, 4.69) is 10.1 Å². The number of Topliss-reactive ketones (excluding diaryl/α,β-unsaturated/α-hetero) is 1. The Hall–Kier alpha value is -2.18. The summed E-state index contributed by atoms with van der Waals surface area (Å²) in [5, 5.41) is 4.69. The number of ketones is 1. The van der Waals surface area contributed by atoms with Crippen LogP contribution in [0.4, 0.5) is 0 Å². The van der Waals surface area contributed by atoms with Gasteiger partial charge >= 0.3 is 5.69 Å². The second-order valence-corrected chi connectivity index (χ2v) is 5.11. The largest absolute Gasteiger partial charge is 0.350 e. The second kappa shape index (κ2) is 5.31. The van der Waals surface area contributed by atoms with Crippen LogP contribution in [0.5, 0.6) is 0 Å². The molecule has 0 saturated heterocycles. The summed E-state index contributed by atoms with van der Waals surface area (Å²) in [6.45, 7) is -0.182. The van der Waals surface area contributed by atoms with Gasteiger partial charge in [-0.25, -0.2) is 13.9 Å². The smallest absolute Gasteiger partial charge is 0.292 e. The van der Waals surface area contributed by atoms with Crippen LogP contribution < -0.4 is 5.69 Å². The van der Waals surface area contributed by atoms with Gasteiger partial charge in [0.2, 0.25) is 0 Å².